The molecule has 28 nitrogen and oxygen atoms in total. The van der Waals surface area contributed by atoms with E-state index in [-0.39, 0.29) is 74.9 Å². The maximum absolute atomic E-state index is 12.5. The highest BCUT2D eigenvalue weighted by molar-refractivity contribution is 7.80. The molecule has 1 heterocycles. The number of hydrogen-bond acceptors (Lipinski definition) is 26. The second-order valence-corrected chi connectivity index (χ2v) is 25.9. The van der Waals surface area contributed by atoms with Crippen LogP contribution in [0.4, 0.5) is 39.8 Å². The minimum Gasteiger partial charge on any atom is -0.508 e. The van der Waals surface area contributed by atoms with Gasteiger partial charge < -0.3 is 84.3 Å². The number of nitrogens with zero attached hydrogens (tertiary/aromatic N) is 8. The quantitative estimate of drug-likeness (QED) is 0.00787. The normalized spacial score (nSPS) is 10.1. The molecule has 1 aromatic heterocycles. The minimum absolute atomic E-state index is 0.0158. The van der Waals surface area contributed by atoms with E-state index in [1.807, 2.05) is 134 Å². The number of thiocarbonyl (C=S) groups is 3. The van der Waals surface area contributed by atoms with E-state index in [4.69, 9.17) is 59.1 Å². The van der Waals surface area contributed by atoms with Gasteiger partial charge in [-0.05, 0) is 189 Å². The van der Waals surface area contributed by atoms with Gasteiger partial charge in [-0.25, -0.2) is 5.84 Å². The molecule has 14 N–H and O–H groups in total. The van der Waals surface area contributed by atoms with Crippen molar-refractivity contribution in [2.45, 2.75) is 99.8 Å². The second-order valence-electron chi connectivity index (χ2n) is 24.8. The highest BCUT2D eigenvalue weighted by Gasteiger charge is 2.23. The topological polar surface area (TPSA) is 367 Å². The van der Waals surface area contributed by atoms with Crippen LogP contribution in [0.15, 0.2) is 119 Å². The Bertz CT molecular complexity index is 4390. The molecule has 8 aromatic rings. The molecule has 0 unspecified atom stereocenters. The number of phenolic OH excluding ortho intramolecular Hbond substituents is 6. The number of amides is 2. The summed E-state index contributed by atoms with van der Waals surface area (Å²) in [5.74, 6) is 6.45. The summed E-state index contributed by atoms with van der Waals surface area (Å²) in [4.78, 5) is 40.0. The number of aliphatic imine (C=N–C) groups is 2. The van der Waals surface area contributed by atoms with E-state index >= 15 is 0 Å². The van der Waals surface area contributed by atoms with Gasteiger partial charge in [0.15, 0.2) is 27.2 Å². The zero-order valence-electron chi connectivity index (χ0n) is 65.7. The number of phenols is 6. The fourth-order valence-electron chi connectivity index (χ4n) is 10.7. The first-order chi connectivity index (χ1) is 52.4. The predicted molar refractivity (Wildman–Crippen MR) is 452 cm³/mol. The number of aromatic hydroxyl groups is 6. The number of methoxy groups -OCH3 is 5. The third kappa shape index (κ3) is 27.3. The number of ether oxygens (including phenoxy) is 5. The van der Waals surface area contributed by atoms with Crippen molar-refractivity contribution in [1.29, 1.82) is 0 Å². The SMILES string of the molecule is CCCN(C)c1cc(-n2c(-c3cc(C(C)C)c(O)cc3O)n[nH]c2=S)ccc1OC.CCCN(C)c1cc(N=C=S)ccc1OC.CCCN(C)c1cc(N=C=S)ccc1OC.CCCN(C)c1cc(NC(=S)NNC(=O)c2cc(C(C)C)c(O)cc2O)ccc1OC.CCO.COc1cc(C(=O)NN)c(O)cc1O. The number of H-pyrrole nitrogens is 1. The van der Waals surface area contributed by atoms with E-state index < -0.39 is 11.8 Å². The van der Waals surface area contributed by atoms with Crippen LogP contribution in [0.25, 0.3) is 17.1 Å². The first-order valence-corrected chi connectivity index (χ1v) is 36.7. The average Bonchev–Trinajstić information content (AvgIpc) is 1.65. The van der Waals surface area contributed by atoms with Crippen molar-refractivity contribution in [3.05, 3.63) is 136 Å². The summed E-state index contributed by atoms with van der Waals surface area (Å²) in [5.41, 5.74) is 15.7. The van der Waals surface area contributed by atoms with E-state index in [0.717, 1.165) is 138 Å². The van der Waals surface area contributed by atoms with Gasteiger partial charge >= 0.3 is 0 Å². The van der Waals surface area contributed by atoms with E-state index in [1.165, 1.54) is 25.3 Å². The number of hydrazine groups is 2. The molecular weight excluding hydrogens is 1490 g/mol. The van der Waals surface area contributed by atoms with Crippen LogP contribution >= 0.6 is 48.9 Å². The lowest BCUT2D eigenvalue weighted by atomic mass is 9.98. The third-order valence-electron chi connectivity index (χ3n) is 16.1. The second kappa shape index (κ2) is 47.8. The Morgan fingerprint density at radius 3 is 1.34 bits per heavy atom. The summed E-state index contributed by atoms with van der Waals surface area (Å²) in [6, 6.07) is 30.7. The lowest BCUT2D eigenvalue weighted by molar-refractivity contribution is 0.0936. The van der Waals surface area contributed by atoms with Crippen LogP contribution < -0.4 is 70.7 Å². The molecular formula is C78H106N14O14S4. The van der Waals surface area contributed by atoms with Gasteiger partial charge in [0.25, 0.3) is 11.8 Å². The first kappa shape index (κ1) is 93.3. The summed E-state index contributed by atoms with van der Waals surface area (Å²) in [7, 11) is 16.0. The molecule has 0 aliphatic rings. The first-order valence-electron chi connectivity index (χ1n) is 35.0. The number of carbonyl (C=O) groups excluding carboxylic acids is 2. The molecule has 0 atom stereocenters. The molecule has 0 radical (unpaired) electrons. The zero-order chi connectivity index (χ0) is 82.5. The number of nitrogens with one attached hydrogen (secondary N) is 5. The third-order valence-corrected chi connectivity index (χ3v) is 16.7. The van der Waals surface area contributed by atoms with Gasteiger partial charge in [-0.2, -0.15) is 15.1 Å². The molecule has 0 spiro atoms. The number of nitrogens with two attached hydrogens (primary N) is 1. The van der Waals surface area contributed by atoms with Gasteiger partial charge in [0.2, 0.25) is 0 Å². The number of aliphatic hydroxyl groups is 1. The maximum Gasteiger partial charge on any atom is 0.273 e. The van der Waals surface area contributed by atoms with Crippen molar-refractivity contribution in [3.63, 3.8) is 0 Å². The number of benzene rings is 7. The number of isothiocyanates is 2. The summed E-state index contributed by atoms with van der Waals surface area (Å²) < 4.78 is 28.5. The van der Waals surface area contributed by atoms with Crippen LogP contribution in [0.3, 0.4) is 0 Å². The van der Waals surface area contributed by atoms with Gasteiger partial charge in [-0.15, -0.1) is 0 Å². The number of carbonyl (C=O) groups is 2. The van der Waals surface area contributed by atoms with Crippen LogP contribution in [0.2, 0.25) is 0 Å². The van der Waals surface area contributed by atoms with Gasteiger partial charge in [-0.1, -0.05) is 55.4 Å². The standard InChI is InChI=1S/C22H30N4O4S.C22H28N4O3S.2C12H16N2OS.C8H10N2O4.C2H6O/c1-6-9-26(4)17-10-14(7-8-20(17)30-5)23-22(31)25-24-21(29)16-11-15(13(2)3)18(27)12-19(16)28;1-6-9-25(4)17-10-14(7-8-20(17)29-5)26-21(23-24-22(26)30)16-11-15(13(2)3)18(27)12-19(16)28;2*1-4-7-14(2)11-8-10(13-9-16)5-6-12(11)15-3;1-14-7-2-4(8(13)10-9)5(11)3-6(7)12;1-2-3/h7-8,10-13,27-28H,6,9H2,1-5H3,(H,24,29)(H2,23,25,31);7-8,10-13,27-28H,6,9H2,1-5H3,(H,24,30);2*5-6,8H,4,7H2,1-3H3;2-3,11-12H,9H2,1H3,(H,10,13);3H,2H2,1H3. The summed E-state index contributed by atoms with van der Waals surface area (Å²) in [5, 5.41) is 81.9. The Labute approximate surface area is 665 Å². The molecule has 110 heavy (non-hydrogen) atoms. The fourth-order valence-corrected chi connectivity index (χ4v) is 11.3. The molecule has 596 valence electrons. The molecule has 0 fully saturated rings. The number of hydrogen-bond donors (Lipinski definition) is 13. The Kier molecular flexibility index (Phi) is 40.5. The Balaban J connectivity index is 0.000000367. The van der Waals surface area contributed by atoms with E-state index in [1.54, 1.807) is 46.0 Å². The van der Waals surface area contributed by atoms with Crippen LogP contribution in [0.5, 0.6) is 63.2 Å². The molecule has 0 bridgehead atoms. The Hall–Kier alpha value is -11.0. The lowest BCUT2D eigenvalue weighted by Gasteiger charge is -2.22. The van der Waals surface area contributed by atoms with Crippen LogP contribution in [0.1, 0.15) is 132 Å². The summed E-state index contributed by atoms with van der Waals surface area (Å²) >= 11 is 19.9. The molecule has 0 aliphatic carbocycles. The van der Waals surface area contributed by atoms with E-state index in [2.05, 4.69) is 118 Å². The number of anilines is 5. The molecule has 2 amide bonds. The summed E-state index contributed by atoms with van der Waals surface area (Å²) in [6.45, 7) is 21.8. The van der Waals surface area contributed by atoms with Crippen molar-refractivity contribution in [3.8, 4) is 80.3 Å². The fraction of sp³-hybridized carbons (Fsp3) is 0.372. The van der Waals surface area contributed by atoms with Crippen molar-refractivity contribution in [2.75, 3.05) is 121 Å². The van der Waals surface area contributed by atoms with Crippen molar-refractivity contribution < 1.29 is 69.0 Å². The van der Waals surface area contributed by atoms with E-state index in [0.29, 0.717) is 21.7 Å². The van der Waals surface area contributed by atoms with Crippen LogP contribution in [0, 0.1) is 4.77 Å². The molecule has 8 rings (SSSR count). The summed E-state index contributed by atoms with van der Waals surface area (Å²) in [6.07, 6.45) is 4.16. The Morgan fingerprint density at radius 1 is 0.527 bits per heavy atom. The van der Waals surface area contributed by atoms with Crippen LogP contribution in [-0.2, 0) is 0 Å². The van der Waals surface area contributed by atoms with Crippen LogP contribution in [-0.4, -0.2) is 174 Å². The lowest BCUT2D eigenvalue weighted by Crippen LogP contribution is -2.43. The number of aliphatic hydroxyl groups excluding tert-OH is 1. The molecule has 0 saturated heterocycles. The van der Waals surface area contributed by atoms with Crippen molar-refractivity contribution >= 4 is 116 Å². The number of aromatic nitrogens is 3. The molecule has 0 saturated carbocycles. The van der Waals surface area contributed by atoms with Crippen molar-refractivity contribution in [1.82, 2.24) is 31.0 Å². The zero-order valence-corrected chi connectivity index (χ0v) is 69.0. The predicted octanol–water partition coefficient (Wildman–Crippen LogP) is 15.0. The largest absolute Gasteiger partial charge is 0.508 e. The number of aromatic amines is 1. The van der Waals surface area contributed by atoms with Crippen molar-refractivity contribution in [2.24, 2.45) is 15.8 Å². The maximum atomic E-state index is 12.5. The highest BCUT2D eigenvalue weighted by atomic mass is 32.1. The average molecular weight is 1590 g/mol. The monoisotopic (exact) mass is 1590 g/mol. The van der Waals surface area contributed by atoms with Gasteiger partial charge in [-0.3, -0.25) is 35.5 Å². The molecule has 32 heteroatoms. The number of nitrogen functional groups attached to an aromatic ring is 1. The minimum atomic E-state index is -0.666. The number of rotatable bonds is 26. The molecule has 0 aliphatic heterocycles. The van der Waals surface area contributed by atoms with Gasteiger partial charge in [0.05, 0.1) is 102 Å². The Morgan fingerprint density at radius 2 is 0.918 bits per heavy atom. The van der Waals surface area contributed by atoms with E-state index in [9.17, 15) is 40.2 Å². The highest BCUT2D eigenvalue weighted by Crippen LogP contribution is 2.41. The smallest absolute Gasteiger partial charge is 0.273 e. The molecule has 7 aromatic carbocycles. The van der Waals surface area contributed by atoms with Gasteiger partial charge in [0.1, 0.15) is 51.7 Å². The van der Waals surface area contributed by atoms with Gasteiger partial charge in [0, 0.05) is 90.9 Å².